The van der Waals surface area contributed by atoms with E-state index in [-0.39, 0.29) is 0 Å². The molecule has 0 atom stereocenters. The first-order valence-electron chi connectivity index (χ1n) is 1.22. The molecule has 0 saturated heterocycles. The highest BCUT2D eigenvalue weighted by Gasteiger charge is 2.13. The van der Waals surface area contributed by atoms with Crippen LogP contribution in [0.15, 0.2) is 0 Å². The molecular weight excluding hydrogens is 207 g/mol. The van der Waals surface area contributed by atoms with E-state index in [1.54, 1.807) is 0 Å². The van der Waals surface area contributed by atoms with Crippen LogP contribution in [0.5, 0.6) is 0 Å². The van der Waals surface area contributed by atoms with Gasteiger partial charge in [0.25, 0.3) is 0 Å². The van der Waals surface area contributed by atoms with Crippen LogP contribution in [-0.2, 0) is 0 Å². The SMILES string of the molecule is SC(Cl)(Cl)CBr. The van der Waals surface area contributed by atoms with Crippen LogP contribution in [0.4, 0.5) is 0 Å². The molecule has 0 nitrogen and oxygen atoms in total. The third kappa shape index (κ3) is 5.41. The van der Waals surface area contributed by atoms with Gasteiger partial charge in [-0.15, -0.1) is 12.6 Å². The zero-order valence-electron chi connectivity index (χ0n) is 2.79. The monoisotopic (exact) mass is 208 g/mol. The van der Waals surface area contributed by atoms with E-state index < -0.39 is 3.67 Å². The molecule has 6 heavy (non-hydrogen) atoms. The van der Waals surface area contributed by atoms with Crippen LogP contribution in [0.1, 0.15) is 0 Å². The summed E-state index contributed by atoms with van der Waals surface area (Å²) in [6.07, 6.45) is 0. The van der Waals surface area contributed by atoms with Crippen molar-refractivity contribution in [2.75, 3.05) is 5.33 Å². The van der Waals surface area contributed by atoms with E-state index in [0.29, 0.717) is 5.33 Å². The van der Waals surface area contributed by atoms with E-state index >= 15 is 0 Å². The lowest BCUT2D eigenvalue weighted by Crippen LogP contribution is -2.01. The van der Waals surface area contributed by atoms with E-state index in [1.807, 2.05) is 0 Å². The molecule has 0 aromatic carbocycles. The molecule has 0 aromatic rings. The maximum absolute atomic E-state index is 5.30. The third-order valence-corrected chi connectivity index (χ3v) is 2.51. The summed E-state index contributed by atoms with van der Waals surface area (Å²) >= 11 is 17.4. The molecule has 4 heteroatoms. The zero-order chi connectivity index (χ0) is 5.21. The zero-order valence-corrected chi connectivity index (χ0v) is 6.78. The first-order valence-corrected chi connectivity index (χ1v) is 3.55. The molecule has 0 rings (SSSR count). The van der Waals surface area contributed by atoms with E-state index in [1.165, 1.54) is 0 Å². The van der Waals surface area contributed by atoms with Crippen molar-refractivity contribution >= 4 is 51.8 Å². The standard InChI is InChI=1S/C2H3BrCl2S/c3-1-2(4,5)6/h6H,1H2. The molecule has 0 fully saturated rings. The Kier molecular flexibility index (Phi) is 3.28. The van der Waals surface area contributed by atoms with Crippen LogP contribution >= 0.6 is 51.8 Å². The molecule has 0 aliphatic rings. The summed E-state index contributed by atoms with van der Waals surface area (Å²) in [6, 6.07) is 0. The van der Waals surface area contributed by atoms with Gasteiger partial charge < -0.3 is 0 Å². The summed E-state index contributed by atoms with van der Waals surface area (Å²) in [7, 11) is 0. The summed E-state index contributed by atoms with van der Waals surface area (Å²) in [5.74, 6) is 0. The largest absolute Gasteiger partial charge is 0.170 e. The third-order valence-electron chi connectivity index (χ3n) is 0.161. The van der Waals surface area contributed by atoms with Gasteiger partial charge in [0.2, 0.25) is 0 Å². The minimum absolute atomic E-state index is 0.478. The maximum Gasteiger partial charge on any atom is 0.170 e. The summed E-state index contributed by atoms with van der Waals surface area (Å²) in [4.78, 5) is 0. The van der Waals surface area contributed by atoms with Crippen LogP contribution < -0.4 is 0 Å². The van der Waals surface area contributed by atoms with Gasteiger partial charge in [-0.1, -0.05) is 39.1 Å². The van der Waals surface area contributed by atoms with Crippen molar-refractivity contribution in [1.82, 2.24) is 0 Å². The summed E-state index contributed by atoms with van der Waals surface area (Å²) in [6.45, 7) is 0. The van der Waals surface area contributed by atoms with E-state index in [4.69, 9.17) is 23.2 Å². The van der Waals surface area contributed by atoms with Crippen LogP contribution in [0.3, 0.4) is 0 Å². The average Bonchev–Trinajstić information content (AvgIpc) is 1.35. The Bertz CT molecular complexity index is 41.3. The molecule has 0 heterocycles. The number of thiol groups is 1. The van der Waals surface area contributed by atoms with E-state index in [0.717, 1.165) is 0 Å². The van der Waals surface area contributed by atoms with Gasteiger partial charge in [0.05, 0.1) is 0 Å². The predicted molar refractivity (Wildman–Crippen MR) is 37.2 cm³/mol. The topological polar surface area (TPSA) is 0 Å². The average molecular weight is 210 g/mol. The van der Waals surface area contributed by atoms with Crippen molar-refractivity contribution in [2.24, 2.45) is 0 Å². The predicted octanol–water partition coefficient (Wildman–Crippen LogP) is 2.44. The van der Waals surface area contributed by atoms with Crippen molar-refractivity contribution in [3.05, 3.63) is 0 Å². The Labute approximate surface area is 60.7 Å². The second-order valence-electron chi connectivity index (χ2n) is 0.799. The van der Waals surface area contributed by atoms with Crippen LogP contribution in [0.25, 0.3) is 0 Å². The smallest absolute Gasteiger partial charge is 0.140 e. The number of hydrogen-bond donors (Lipinski definition) is 1. The fraction of sp³-hybridized carbons (Fsp3) is 1.00. The molecule has 0 unspecified atom stereocenters. The Morgan fingerprint density at radius 2 is 1.83 bits per heavy atom. The number of rotatable bonds is 1. The molecular formula is C2H3BrCl2S. The summed E-state index contributed by atoms with van der Waals surface area (Å²) in [5.41, 5.74) is 0. The molecule has 0 spiro atoms. The minimum atomic E-state index is -0.903. The van der Waals surface area contributed by atoms with Crippen molar-refractivity contribution in [1.29, 1.82) is 0 Å². The minimum Gasteiger partial charge on any atom is -0.140 e. The quantitative estimate of drug-likeness (QED) is 0.498. The van der Waals surface area contributed by atoms with Crippen molar-refractivity contribution in [3.8, 4) is 0 Å². The Morgan fingerprint density at radius 3 is 1.83 bits per heavy atom. The van der Waals surface area contributed by atoms with E-state index in [2.05, 4.69) is 28.6 Å². The number of alkyl halides is 3. The van der Waals surface area contributed by atoms with E-state index in [9.17, 15) is 0 Å². The lowest BCUT2D eigenvalue weighted by atomic mass is 10.9. The number of halogens is 3. The van der Waals surface area contributed by atoms with Crippen LogP contribution in [0.2, 0.25) is 0 Å². The van der Waals surface area contributed by atoms with Crippen LogP contribution in [-0.4, -0.2) is 9.00 Å². The van der Waals surface area contributed by atoms with Crippen molar-refractivity contribution < 1.29 is 0 Å². The highest BCUT2D eigenvalue weighted by atomic mass is 79.9. The fourth-order valence-electron chi connectivity index (χ4n) is 0. The fourth-order valence-corrected chi connectivity index (χ4v) is 0. The molecule has 0 aromatic heterocycles. The van der Waals surface area contributed by atoms with Gasteiger partial charge in [-0.3, -0.25) is 0 Å². The van der Waals surface area contributed by atoms with Crippen molar-refractivity contribution in [2.45, 2.75) is 3.67 Å². The van der Waals surface area contributed by atoms with Crippen LogP contribution in [0, 0.1) is 0 Å². The number of hydrogen-bond acceptors (Lipinski definition) is 1. The van der Waals surface area contributed by atoms with Gasteiger partial charge in [0.15, 0.2) is 3.67 Å². The lowest BCUT2D eigenvalue weighted by molar-refractivity contribution is 1.34. The van der Waals surface area contributed by atoms with Gasteiger partial charge in [-0.2, -0.15) is 0 Å². The molecule has 0 amide bonds. The van der Waals surface area contributed by atoms with Gasteiger partial charge in [-0.25, -0.2) is 0 Å². The summed E-state index contributed by atoms with van der Waals surface area (Å²) in [5, 5.41) is 0.478. The molecule has 0 N–H and O–H groups in total. The maximum atomic E-state index is 5.30. The normalized spacial score (nSPS) is 12.0. The highest BCUT2D eigenvalue weighted by molar-refractivity contribution is 9.09. The highest BCUT2D eigenvalue weighted by Crippen LogP contribution is 2.26. The first kappa shape index (κ1) is 7.41. The van der Waals surface area contributed by atoms with Gasteiger partial charge in [-0.05, 0) is 0 Å². The molecule has 38 valence electrons. The second kappa shape index (κ2) is 2.65. The van der Waals surface area contributed by atoms with Gasteiger partial charge in [0, 0.05) is 5.33 Å². The molecule has 0 saturated carbocycles. The first-order chi connectivity index (χ1) is 2.56. The molecule has 0 bridgehead atoms. The van der Waals surface area contributed by atoms with Gasteiger partial charge >= 0.3 is 0 Å². The second-order valence-corrected chi connectivity index (χ2v) is 4.13. The van der Waals surface area contributed by atoms with Crippen molar-refractivity contribution in [3.63, 3.8) is 0 Å². The van der Waals surface area contributed by atoms with Gasteiger partial charge in [0.1, 0.15) is 0 Å². The Balaban J connectivity index is 3.17. The summed E-state index contributed by atoms with van der Waals surface area (Å²) < 4.78 is -0.903. The molecule has 0 radical (unpaired) electrons. The lowest BCUT2D eigenvalue weighted by Gasteiger charge is -2.03. The molecule has 0 aliphatic carbocycles. The molecule has 0 aliphatic heterocycles. The Hall–Kier alpha value is 1.41. The Morgan fingerprint density at radius 1 is 1.67 bits per heavy atom.